The summed E-state index contributed by atoms with van der Waals surface area (Å²) >= 11 is 8.89. The zero-order chi connectivity index (χ0) is 22.8. The van der Waals surface area contributed by atoms with Gasteiger partial charge in [0.2, 0.25) is 5.91 Å². The van der Waals surface area contributed by atoms with E-state index in [1.54, 1.807) is 31.2 Å². The molecule has 0 radical (unpaired) electrons. The average molecular weight is 491 g/mol. The molecule has 11 heteroatoms. The molecule has 1 aromatic carbocycles. The highest BCUT2D eigenvalue weighted by molar-refractivity contribution is 8.15. The molecule has 2 aliphatic heterocycles. The standard InChI is InChI=1S/C21H19ClN4O4S2/c1-12(18(27)25-8-7-23-20(25)29)32-21-24-16(11-14-4-3-9-31-14)19(28)26(21)13-5-6-17(30-2)15(22)10-13/h3-6,9-12H,7-8H2,1-2H3,(H,23,29)/b16-11+. The van der Waals surface area contributed by atoms with Crippen LogP contribution < -0.4 is 15.0 Å². The lowest BCUT2D eigenvalue weighted by atomic mass is 10.2. The van der Waals surface area contributed by atoms with Crippen molar-refractivity contribution in [3.63, 3.8) is 0 Å². The van der Waals surface area contributed by atoms with Gasteiger partial charge in [-0.1, -0.05) is 29.4 Å². The predicted molar refractivity (Wildman–Crippen MR) is 127 cm³/mol. The summed E-state index contributed by atoms with van der Waals surface area (Å²) in [7, 11) is 1.51. The zero-order valence-electron chi connectivity index (χ0n) is 17.2. The second-order valence-electron chi connectivity index (χ2n) is 6.88. The Kier molecular flexibility index (Phi) is 6.54. The third kappa shape index (κ3) is 4.38. The Bertz CT molecular complexity index is 1130. The second kappa shape index (κ2) is 9.35. The van der Waals surface area contributed by atoms with Gasteiger partial charge in [0.05, 0.1) is 23.1 Å². The van der Waals surface area contributed by atoms with Crippen molar-refractivity contribution in [2.75, 3.05) is 25.1 Å². The van der Waals surface area contributed by atoms with E-state index in [4.69, 9.17) is 16.3 Å². The molecular formula is C21H19ClN4O4S2. The quantitative estimate of drug-likeness (QED) is 0.643. The Balaban J connectivity index is 1.66. The number of methoxy groups -OCH3 is 1. The number of benzene rings is 1. The van der Waals surface area contributed by atoms with Crippen LogP contribution in [0.2, 0.25) is 5.02 Å². The number of thiophene rings is 1. The van der Waals surface area contributed by atoms with Crippen LogP contribution in [-0.2, 0) is 9.59 Å². The summed E-state index contributed by atoms with van der Waals surface area (Å²) in [5.74, 6) is -0.199. The fourth-order valence-corrected chi connectivity index (χ4v) is 5.11. The molecule has 32 heavy (non-hydrogen) atoms. The Morgan fingerprint density at radius 2 is 2.19 bits per heavy atom. The number of urea groups is 1. The van der Waals surface area contributed by atoms with Crippen molar-refractivity contribution in [3.8, 4) is 5.75 Å². The van der Waals surface area contributed by atoms with Gasteiger partial charge in [-0.3, -0.25) is 19.4 Å². The molecule has 3 heterocycles. The number of carbonyl (C=O) groups excluding carboxylic acids is 3. The van der Waals surface area contributed by atoms with E-state index in [-0.39, 0.29) is 17.5 Å². The van der Waals surface area contributed by atoms with Gasteiger partial charge >= 0.3 is 6.03 Å². The molecule has 166 valence electrons. The van der Waals surface area contributed by atoms with Crippen LogP contribution in [0.25, 0.3) is 6.08 Å². The Hall–Kier alpha value is -2.82. The molecule has 1 saturated heterocycles. The maximum atomic E-state index is 13.3. The van der Waals surface area contributed by atoms with Crippen LogP contribution in [-0.4, -0.2) is 53.4 Å². The minimum absolute atomic E-state index is 0.250. The first-order valence-electron chi connectivity index (χ1n) is 9.67. The van der Waals surface area contributed by atoms with Crippen molar-refractivity contribution >= 4 is 69.5 Å². The van der Waals surface area contributed by atoms with Crippen molar-refractivity contribution < 1.29 is 19.1 Å². The number of hydrogen-bond donors (Lipinski definition) is 1. The first kappa shape index (κ1) is 22.4. The van der Waals surface area contributed by atoms with Gasteiger partial charge in [-0.25, -0.2) is 9.79 Å². The lowest BCUT2D eigenvalue weighted by molar-refractivity contribution is -0.126. The number of imide groups is 1. The first-order chi connectivity index (χ1) is 15.4. The molecule has 4 amide bonds. The molecule has 1 fully saturated rings. The number of nitrogens with zero attached hydrogens (tertiary/aromatic N) is 3. The number of ether oxygens (including phenoxy) is 1. The molecule has 4 rings (SSSR count). The van der Waals surface area contributed by atoms with Gasteiger partial charge in [-0.15, -0.1) is 11.3 Å². The SMILES string of the molecule is COc1ccc(N2C(=O)/C(=C\c3cccs3)N=C2SC(C)C(=O)N2CCNC2=O)cc1Cl. The maximum absolute atomic E-state index is 13.3. The summed E-state index contributed by atoms with van der Waals surface area (Å²) < 4.78 is 5.20. The highest BCUT2D eigenvalue weighted by Crippen LogP contribution is 2.35. The average Bonchev–Trinajstić information content (AvgIpc) is 3.50. The van der Waals surface area contributed by atoms with Crippen LogP contribution >= 0.6 is 34.7 Å². The van der Waals surface area contributed by atoms with Crippen LogP contribution in [0, 0.1) is 0 Å². The molecular weight excluding hydrogens is 472 g/mol. The number of amides is 4. The predicted octanol–water partition coefficient (Wildman–Crippen LogP) is 3.83. The number of amidine groups is 1. The number of thioether (sulfide) groups is 1. The second-order valence-corrected chi connectivity index (χ2v) is 9.58. The van der Waals surface area contributed by atoms with E-state index in [0.29, 0.717) is 34.7 Å². The van der Waals surface area contributed by atoms with E-state index in [0.717, 1.165) is 16.6 Å². The van der Waals surface area contributed by atoms with E-state index < -0.39 is 11.3 Å². The summed E-state index contributed by atoms with van der Waals surface area (Å²) in [6, 6.07) is 8.34. The third-order valence-electron chi connectivity index (χ3n) is 4.80. The van der Waals surface area contributed by atoms with Crippen LogP contribution in [0.1, 0.15) is 11.8 Å². The van der Waals surface area contributed by atoms with Crippen molar-refractivity contribution in [1.29, 1.82) is 0 Å². The summed E-state index contributed by atoms with van der Waals surface area (Å²) in [5, 5.41) is 4.57. The molecule has 0 spiro atoms. The van der Waals surface area contributed by atoms with Gasteiger partial charge < -0.3 is 10.1 Å². The number of halogens is 1. The normalized spacial score (nSPS) is 18.2. The molecule has 2 aromatic rings. The number of anilines is 1. The van der Waals surface area contributed by atoms with Crippen molar-refractivity contribution in [1.82, 2.24) is 10.2 Å². The van der Waals surface area contributed by atoms with Crippen molar-refractivity contribution in [2.24, 2.45) is 4.99 Å². The van der Waals surface area contributed by atoms with Crippen LogP contribution in [0.3, 0.4) is 0 Å². The van der Waals surface area contributed by atoms with Crippen molar-refractivity contribution in [2.45, 2.75) is 12.2 Å². The third-order valence-corrected chi connectivity index (χ3v) is 6.95. The maximum Gasteiger partial charge on any atom is 0.324 e. The molecule has 2 aliphatic rings. The molecule has 1 atom stereocenters. The van der Waals surface area contributed by atoms with E-state index in [9.17, 15) is 14.4 Å². The van der Waals surface area contributed by atoms with Crippen LogP contribution in [0.15, 0.2) is 46.4 Å². The largest absolute Gasteiger partial charge is 0.495 e. The first-order valence-corrected chi connectivity index (χ1v) is 11.8. The highest BCUT2D eigenvalue weighted by Gasteiger charge is 2.37. The Morgan fingerprint density at radius 3 is 2.81 bits per heavy atom. The smallest absolute Gasteiger partial charge is 0.324 e. The van der Waals surface area contributed by atoms with Gasteiger partial charge in [0.1, 0.15) is 11.4 Å². The highest BCUT2D eigenvalue weighted by atomic mass is 35.5. The molecule has 0 saturated carbocycles. The summed E-state index contributed by atoms with van der Waals surface area (Å²) in [5.41, 5.74) is 0.751. The number of rotatable bonds is 5. The Morgan fingerprint density at radius 1 is 1.38 bits per heavy atom. The van der Waals surface area contributed by atoms with E-state index in [2.05, 4.69) is 10.3 Å². The monoisotopic (exact) mass is 490 g/mol. The lowest BCUT2D eigenvalue weighted by Gasteiger charge is -2.22. The number of aliphatic imine (C=N–C) groups is 1. The lowest BCUT2D eigenvalue weighted by Crippen LogP contribution is -2.40. The van der Waals surface area contributed by atoms with Gasteiger partial charge in [0.15, 0.2) is 5.17 Å². The number of hydrogen-bond acceptors (Lipinski definition) is 7. The van der Waals surface area contributed by atoms with Crippen LogP contribution in [0.5, 0.6) is 5.75 Å². The van der Waals surface area contributed by atoms with Gasteiger partial charge in [0, 0.05) is 18.0 Å². The van der Waals surface area contributed by atoms with Gasteiger partial charge in [-0.2, -0.15) is 0 Å². The zero-order valence-corrected chi connectivity index (χ0v) is 19.6. The summed E-state index contributed by atoms with van der Waals surface area (Å²) in [4.78, 5) is 45.9. The topological polar surface area (TPSA) is 91.3 Å². The fraction of sp³-hybridized carbons (Fsp3) is 0.238. The van der Waals surface area contributed by atoms with Gasteiger partial charge in [0.25, 0.3) is 5.91 Å². The summed E-state index contributed by atoms with van der Waals surface area (Å²) in [6.45, 7) is 2.42. The van der Waals surface area contributed by atoms with Crippen LogP contribution in [0.4, 0.5) is 10.5 Å². The molecule has 8 nitrogen and oxygen atoms in total. The Labute approximate surface area is 197 Å². The molecule has 1 unspecified atom stereocenters. The summed E-state index contributed by atoms with van der Waals surface area (Å²) in [6.07, 6.45) is 1.71. The van der Waals surface area contributed by atoms with E-state index >= 15 is 0 Å². The molecule has 1 N–H and O–H groups in total. The minimum atomic E-state index is -0.636. The number of nitrogens with one attached hydrogen (secondary N) is 1. The molecule has 1 aromatic heterocycles. The van der Waals surface area contributed by atoms with Crippen molar-refractivity contribution in [3.05, 3.63) is 51.3 Å². The van der Waals surface area contributed by atoms with Gasteiger partial charge in [-0.05, 0) is 42.6 Å². The van der Waals surface area contributed by atoms with E-state index in [1.807, 2.05) is 17.5 Å². The molecule has 0 bridgehead atoms. The fourth-order valence-electron chi connectivity index (χ4n) is 3.22. The van der Waals surface area contributed by atoms with E-state index in [1.165, 1.54) is 28.2 Å². The molecule has 0 aliphatic carbocycles. The number of carbonyl (C=O) groups is 3. The minimum Gasteiger partial charge on any atom is -0.495 e.